The van der Waals surface area contributed by atoms with Crippen molar-refractivity contribution >= 4 is 0 Å². The molecule has 0 amide bonds. The minimum Gasteiger partial charge on any atom is -0.454 e. The topological polar surface area (TPSA) is 60.6 Å². The molecule has 216 valence electrons. The highest BCUT2D eigenvalue weighted by Crippen LogP contribution is 2.45. The average Bonchev–Trinajstić information content (AvgIpc) is 3.78. The standard InChI is InChI=1S/2C17H19N3O/c2*1-2-4-13(5-3-1)15-10-20-12-17(21-16(20)18-15)11-19-8-6-14(17)7-9-19/h2*1-5,10,14H,6-9,11-12H2/t2*17-/m10/s1. The Morgan fingerprint density at radius 3 is 1.29 bits per heavy atom. The fourth-order valence-corrected chi connectivity index (χ4v) is 8.53. The van der Waals surface area contributed by atoms with Gasteiger partial charge in [-0.25, -0.2) is 0 Å². The van der Waals surface area contributed by atoms with Crippen LogP contribution in [0.4, 0.5) is 0 Å². The van der Waals surface area contributed by atoms with Gasteiger partial charge in [-0.3, -0.25) is 18.9 Å². The van der Waals surface area contributed by atoms with Crippen LogP contribution in [0.2, 0.25) is 0 Å². The molecular formula is C34H38N6O2. The first-order chi connectivity index (χ1) is 20.6. The molecule has 6 saturated heterocycles. The van der Waals surface area contributed by atoms with Crippen LogP contribution in [0.3, 0.4) is 0 Å². The highest BCUT2D eigenvalue weighted by Gasteiger charge is 2.54. The van der Waals surface area contributed by atoms with E-state index in [4.69, 9.17) is 19.4 Å². The lowest BCUT2D eigenvalue weighted by Gasteiger charge is -2.50. The Labute approximate surface area is 246 Å². The number of imidazole rings is 2. The van der Waals surface area contributed by atoms with Crippen LogP contribution in [-0.4, -0.2) is 79.4 Å². The van der Waals surface area contributed by atoms with Crippen molar-refractivity contribution in [1.29, 1.82) is 0 Å². The van der Waals surface area contributed by atoms with Gasteiger partial charge in [-0.05, 0) is 51.9 Å². The number of rotatable bonds is 2. The third kappa shape index (κ3) is 4.02. The van der Waals surface area contributed by atoms with Gasteiger partial charge in [0.1, 0.15) is 11.2 Å². The smallest absolute Gasteiger partial charge is 0.297 e. The lowest BCUT2D eigenvalue weighted by atomic mass is 9.75. The van der Waals surface area contributed by atoms with E-state index in [0.717, 1.165) is 60.7 Å². The molecular weight excluding hydrogens is 524 g/mol. The van der Waals surface area contributed by atoms with Crippen molar-refractivity contribution in [3.63, 3.8) is 0 Å². The molecule has 8 aliphatic rings. The monoisotopic (exact) mass is 562 g/mol. The maximum absolute atomic E-state index is 6.38. The Hall–Kier alpha value is -3.62. The molecule has 2 spiro atoms. The summed E-state index contributed by atoms with van der Waals surface area (Å²) in [6.07, 6.45) is 9.40. The Balaban J connectivity index is 0.000000119. The molecule has 8 aliphatic heterocycles. The number of aromatic nitrogens is 4. The van der Waals surface area contributed by atoms with E-state index in [0.29, 0.717) is 11.8 Å². The lowest BCUT2D eigenvalue weighted by molar-refractivity contribution is -0.0835. The second-order valence-corrected chi connectivity index (χ2v) is 13.2. The molecule has 8 heteroatoms. The van der Waals surface area contributed by atoms with E-state index in [1.54, 1.807) is 0 Å². The minimum atomic E-state index is -0.00590. The third-order valence-corrected chi connectivity index (χ3v) is 10.7. The summed E-state index contributed by atoms with van der Waals surface area (Å²) in [6.45, 7) is 9.04. The average molecular weight is 563 g/mol. The van der Waals surface area contributed by atoms with Crippen molar-refractivity contribution in [1.82, 2.24) is 28.9 Å². The highest BCUT2D eigenvalue weighted by atomic mass is 16.5. The van der Waals surface area contributed by atoms with Gasteiger partial charge >= 0.3 is 0 Å². The van der Waals surface area contributed by atoms with Crippen LogP contribution in [-0.2, 0) is 13.1 Å². The zero-order valence-electron chi connectivity index (χ0n) is 24.1. The summed E-state index contributed by atoms with van der Waals surface area (Å²) in [5.41, 5.74) is 4.34. The van der Waals surface area contributed by atoms with Crippen molar-refractivity contribution in [2.45, 2.75) is 50.0 Å². The van der Waals surface area contributed by atoms with E-state index < -0.39 is 0 Å². The Morgan fingerprint density at radius 1 is 0.548 bits per heavy atom. The molecule has 6 fully saturated rings. The van der Waals surface area contributed by atoms with E-state index in [1.165, 1.54) is 51.9 Å². The number of nitrogens with zero attached hydrogens (tertiary/aromatic N) is 6. The van der Waals surface area contributed by atoms with Crippen LogP contribution in [0.15, 0.2) is 73.1 Å². The molecule has 8 nitrogen and oxygen atoms in total. The first-order valence-corrected chi connectivity index (χ1v) is 15.7. The van der Waals surface area contributed by atoms with Gasteiger partial charge in [0.15, 0.2) is 0 Å². The van der Waals surface area contributed by atoms with Crippen LogP contribution in [0.25, 0.3) is 22.5 Å². The highest BCUT2D eigenvalue weighted by molar-refractivity contribution is 5.60. The molecule has 0 saturated carbocycles. The maximum Gasteiger partial charge on any atom is 0.297 e. The van der Waals surface area contributed by atoms with Gasteiger partial charge in [0.2, 0.25) is 0 Å². The second kappa shape index (κ2) is 9.44. The molecule has 0 radical (unpaired) electrons. The Kier molecular flexibility index (Phi) is 5.61. The predicted octanol–water partition coefficient (Wildman–Crippen LogP) is 4.81. The van der Waals surface area contributed by atoms with Crippen LogP contribution in [0, 0.1) is 11.8 Å². The molecule has 4 bridgehead atoms. The van der Waals surface area contributed by atoms with Crippen molar-refractivity contribution in [2.24, 2.45) is 11.8 Å². The first kappa shape index (κ1) is 24.9. The number of ether oxygens (including phenoxy) is 2. The van der Waals surface area contributed by atoms with E-state index in [-0.39, 0.29) is 11.2 Å². The number of hydrogen-bond acceptors (Lipinski definition) is 6. The van der Waals surface area contributed by atoms with Crippen LogP contribution in [0.5, 0.6) is 12.0 Å². The zero-order chi connectivity index (χ0) is 27.7. The minimum absolute atomic E-state index is 0.00590. The molecule has 10 heterocycles. The van der Waals surface area contributed by atoms with Gasteiger partial charge < -0.3 is 9.47 Å². The number of benzene rings is 2. The van der Waals surface area contributed by atoms with Gasteiger partial charge in [-0.15, -0.1) is 0 Å². The van der Waals surface area contributed by atoms with Crippen LogP contribution in [0.1, 0.15) is 25.7 Å². The summed E-state index contributed by atoms with van der Waals surface area (Å²) >= 11 is 0. The normalized spacial score (nSPS) is 33.1. The molecule has 4 aromatic rings. The maximum atomic E-state index is 6.38. The molecule has 0 N–H and O–H groups in total. The lowest BCUT2D eigenvalue weighted by Crippen LogP contribution is -2.61. The third-order valence-electron chi connectivity index (χ3n) is 10.7. The van der Waals surface area contributed by atoms with Crippen LogP contribution < -0.4 is 9.47 Å². The summed E-state index contributed by atoms with van der Waals surface area (Å²) in [4.78, 5) is 14.5. The molecule has 12 rings (SSSR count). The quantitative estimate of drug-likeness (QED) is 0.350. The van der Waals surface area contributed by atoms with Crippen molar-refractivity contribution < 1.29 is 9.47 Å². The SMILES string of the molecule is c1ccc(-c2cn3c(n2)O[C@@]2(CN4CCC2CC4)C3)cc1.c1ccc(-c2cn3c(n2)O[C@]2(CN4CCC2CC4)C3)cc1. The van der Waals surface area contributed by atoms with Gasteiger partial charge in [-0.1, -0.05) is 60.7 Å². The van der Waals surface area contributed by atoms with Gasteiger partial charge in [0.25, 0.3) is 12.0 Å². The van der Waals surface area contributed by atoms with Crippen molar-refractivity contribution in [3.8, 4) is 34.5 Å². The molecule has 2 atom stereocenters. The van der Waals surface area contributed by atoms with Gasteiger partial charge in [0, 0.05) is 48.4 Å². The fourth-order valence-electron chi connectivity index (χ4n) is 8.53. The molecule has 0 aliphatic carbocycles. The zero-order valence-corrected chi connectivity index (χ0v) is 24.1. The molecule has 0 unspecified atom stereocenters. The van der Waals surface area contributed by atoms with Gasteiger partial charge in [0.05, 0.1) is 24.5 Å². The largest absolute Gasteiger partial charge is 0.454 e. The predicted molar refractivity (Wildman–Crippen MR) is 160 cm³/mol. The molecule has 2 aromatic carbocycles. The van der Waals surface area contributed by atoms with E-state index >= 15 is 0 Å². The molecule has 2 aromatic heterocycles. The van der Waals surface area contributed by atoms with E-state index in [2.05, 4.69) is 79.9 Å². The summed E-state index contributed by atoms with van der Waals surface area (Å²) in [7, 11) is 0. The molecule has 42 heavy (non-hydrogen) atoms. The van der Waals surface area contributed by atoms with Gasteiger partial charge in [-0.2, -0.15) is 9.97 Å². The summed E-state index contributed by atoms with van der Waals surface area (Å²) in [5, 5.41) is 0. The number of hydrogen-bond donors (Lipinski definition) is 0. The van der Waals surface area contributed by atoms with E-state index in [1.807, 2.05) is 12.1 Å². The Bertz CT molecular complexity index is 1410. The van der Waals surface area contributed by atoms with Crippen LogP contribution >= 0.6 is 0 Å². The Morgan fingerprint density at radius 2 is 0.952 bits per heavy atom. The fraction of sp³-hybridized carbons (Fsp3) is 0.471. The number of piperidine rings is 6. The van der Waals surface area contributed by atoms with Crippen molar-refractivity contribution in [3.05, 3.63) is 73.1 Å². The van der Waals surface area contributed by atoms with Crippen molar-refractivity contribution in [2.75, 3.05) is 39.3 Å². The van der Waals surface area contributed by atoms with E-state index in [9.17, 15) is 0 Å². The first-order valence-electron chi connectivity index (χ1n) is 15.7. The summed E-state index contributed by atoms with van der Waals surface area (Å²) in [6, 6.07) is 22.3. The summed E-state index contributed by atoms with van der Waals surface area (Å²) in [5.74, 6) is 1.40. The number of fused-ring (bicyclic) bond motifs is 6. The second-order valence-electron chi connectivity index (χ2n) is 13.2. The summed E-state index contributed by atoms with van der Waals surface area (Å²) < 4.78 is 17.2.